The Hall–Kier alpha value is -0.0400. The van der Waals surface area contributed by atoms with Gasteiger partial charge in [0.15, 0.2) is 0 Å². The Kier molecular flexibility index (Phi) is 8.17. The molecule has 1 rings (SSSR count). The van der Waals surface area contributed by atoms with Gasteiger partial charge in [-0.25, -0.2) is 0 Å². The SMILES string of the molecule is CCCNC(CC(CC)CC)C1(CC(C)C)CCCC1. The van der Waals surface area contributed by atoms with Gasteiger partial charge in [0, 0.05) is 6.04 Å². The largest absolute Gasteiger partial charge is 0.313 e. The summed E-state index contributed by atoms with van der Waals surface area (Å²) in [6.45, 7) is 13.1. The maximum atomic E-state index is 3.96. The molecule has 120 valence electrons. The lowest BCUT2D eigenvalue weighted by Crippen LogP contribution is -2.46. The lowest BCUT2D eigenvalue weighted by atomic mass is 9.69. The van der Waals surface area contributed by atoms with Crippen LogP contribution in [0.15, 0.2) is 0 Å². The normalized spacial score (nSPS) is 19.9. The van der Waals surface area contributed by atoms with Gasteiger partial charge in [-0.05, 0) is 55.9 Å². The first-order valence-electron chi connectivity index (χ1n) is 9.31. The second-order valence-electron chi connectivity index (χ2n) is 7.59. The molecule has 0 heterocycles. The molecule has 1 aliphatic carbocycles. The van der Waals surface area contributed by atoms with E-state index in [0.717, 1.165) is 17.9 Å². The minimum absolute atomic E-state index is 0.603. The first-order chi connectivity index (χ1) is 9.57. The smallest absolute Gasteiger partial charge is 0.0126 e. The number of hydrogen-bond acceptors (Lipinski definition) is 1. The molecule has 0 aromatic carbocycles. The molecule has 20 heavy (non-hydrogen) atoms. The van der Waals surface area contributed by atoms with Crippen molar-refractivity contribution in [3.63, 3.8) is 0 Å². The molecule has 0 saturated heterocycles. The average Bonchev–Trinajstić information content (AvgIpc) is 2.87. The summed E-state index contributed by atoms with van der Waals surface area (Å²) < 4.78 is 0. The van der Waals surface area contributed by atoms with E-state index in [9.17, 15) is 0 Å². The van der Waals surface area contributed by atoms with Crippen molar-refractivity contribution >= 4 is 0 Å². The summed E-state index contributed by atoms with van der Waals surface area (Å²) in [6.07, 6.45) is 12.6. The van der Waals surface area contributed by atoms with Crippen molar-refractivity contribution in [1.82, 2.24) is 5.32 Å². The van der Waals surface area contributed by atoms with E-state index < -0.39 is 0 Å². The van der Waals surface area contributed by atoms with Crippen molar-refractivity contribution in [2.24, 2.45) is 17.3 Å². The predicted molar refractivity (Wildman–Crippen MR) is 91.1 cm³/mol. The Morgan fingerprint density at radius 1 is 1.00 bits per heavy atom. The fraction of sp³-hybridized carbons (Fsp3) is 1.00. The van der Waals surface area contributed by atoms with Gasteiger partial charge in [0.2, 0.25) is 0 Å². The summed E-state index contributed by atoms with van der Waals surface area (Å²) in [5.74, 6) is 1.75. The zero-order valence-electron chi connectivity index (χ0n) is 14.8. The van der Waals surface area contributed by atoms with Crippen LogP contribution < -0.4 is 5.32 Å². The van der Waals surface area contributed by atoms with Crippen molar-refractivity contribution in [1.29, 1.82) is 0 Å². The minimum Gasteiger partial charge on any atom is -0.313 e. The first-order valence-corrected chi connectivity index (χ1v) is 9.31. The highest BCUT2D eigenvalue weighted by Gasteiger charge is 2.41. The van der Waals surface area contributed by atoms with Crippen LogP contribution in [0.4, 0.5) is 0 Å². The highest BCUT2D eigenvalue weighted by Crippen LogP contribution is 2.47. The third-order valence-corrected chi connectivity index (χ3v) is 5.52. The second-order valence-corrected chi connectivity index (χ2v) is 7.59. The number of hydrogen-bond donors (Lipinski definition) is 1. The molecule has 0 aromatic rings. The molecule has 0 aliphatic heterocycles. The predicted octanol–water partition coefficient (Wildman–Crippen LogP) is 5.79. The van der Waals surface area contributed by atoms with E-state index in [1.54, 1.807) is 0 Å². The van der Waals surface area contributed by atoms with Gasteiger partial charge < -0.3 is 5.32 Å². The second kappa shape index (κ2) is 9.07. The molecule has 0 radical (unpaired) electrons. The van der Waals surface area contributed by atoms with E-state index in [4.69, 9.17) is 0 Å². The molecule has 1 unspecified atom stereocenters. The Balaban J connectivity index is 2.80. The fourth-order valence-electron chi connectivity index (χ4n) is 4.41. The van der Waals surface area contributed by atoms with Crippen LogP contribution in [0, 0.1) is 17.3 Å². The van der Waals surface area contributed by atoms with Crippen molar-refractivity contribution < 1.29 is 0 Å². The minimum atomic E-state index is 0.603. The molecule has 1 aliphatic rings. The molecule has 1 nitrogen and oxygen atoms in total. The van der Waals surface area contributed by atoms with Gasteiger partial charge in [0.1, 0.15) is 0 Å². The molecule has 0 amide bonds. The van der Waals surface area contributed by atoms with Crippen LogP contribution in [0.5, 0.6) is 0 Å². The van der Waals surface area contributed by atoms with Crippen molar-refractivity contribution in [3.8, 4) is 0 Å². The van der Waals surface area contributed by atoms with Crippen LogP contribution in [0.2, 0.25) is 0 Å². The van der Waals surface area contributed by atoms with Gasteiger partial charge in [-0.2, -0.15) is 0 Å². The van der Waals surface area contributed by atoms with Crippen molar-refractivity contribution in [2.75, 3.05) is 6.54 Å². The topological polar surface area (TPSA) is 12.0 Å². The Morgan fingerprint density at radius 2 is 1.60 bits per heavy atom. The summed E-state index contributed by atoms with van der Waals surface area (Å²) in [5, 5.41) is 3.96. The third-order valence-electron chi connectivity index (χ3n) is 5.52. The molecule has 0 bridgehead atoms. The van der Waals surface area contributed by atoms with Gasteiger partial charge >= 0.3 is 0 Å². The highest BCUT2D eigenvalue weighted by atomic mass is 14.9. The average molecular weight is 282 g/mol. The fourth-order valence-corrected chi connectivity index (χ4v) is 4.41. The zero-order valence-corrected chi connectivity index (χ0v) is 14.8. The Morgan fingerprint density at radius 3 is 2.05 bits per heavy atom. The van der Waals surface area contributed by atoms with E-state index in [-0.39, 0.29) is 0 Å². The molecular formula is C19H39N. The summed E-state index contributed by atoms with van der Waals surface area (Å²) in [5.41, 5.74) is 0.603. The molecule has 1 fully saturated rings. The molecule has 1 N–H and O–H groups in total. The summed E-state index contributed by atoms with van der Waals surface area (Å²) in [7, 11) is 0. The van der Waals surface area contributed by atoms with Gasteiger partial charge in [0.05, 0.1) is 0 Å². The van der Waals surface area contributed by atoms with Crippen molar-refractivity contribution in [3.05, 3.63) is 0 Å². The van der Waals surface area contributed by atoms with E-state index in [1.165, 1.54) is 64.3 Å². The van der Waals surface area contributed by atoms with E-state index in [0.29, 0.717) is 5.41 Å². The molecule has 1 atom stereocenters. The summed E-state index contributed by atoms with van der Waals surface area (Å²) in [4.78, 5) is 0. The molecule has 0 spiro atoms. The van der Waals surface area contributed by atoms with Crippen LogP contribution in [0.25, 0.3) is 0 Å². The van der Waals surface area contributed by atoms with E-state index in [1.807, 2.05) is 0 Å². The van der Waals surface area contributed by atoms with Crippen molar-refractivity contribution in [2.45, 2.75) is 98.4 Å². The number of rotatable bonds is 10. The summed E-state index contributed by atoms with van der Waals surface area (Å²) >= 11 is 0. The standard InChI is InChI=1S/C19H39N/c1-6-13-20-18(14-17(7-2)8-3)19(15-16(4)5)11-9-10-12-19/h16-18,20H,6-15H2,1-5H3. The van der Waals surface area contributed by atoms with Crippen LogP contribution in [0.1, 0.15) is 92.4 Å². The first kappa shape index (κ1) is 18.0. The summed E-state index contributed by atoms with van der Waals surface area (Å²) in [6, 6.07) is 0.761. The van der Waals surface area contributed by atoms with Gasteiger partial charge in [-0.3, -0.25) is 0 Å². The molecule has 1 saturated carbocycles. The zero-order chi connectivity index (χ0) is 15.0. The van der Waals surface area contributed by atoms with Crippen LogP contribution >= 0.6 is 0 Å². The maximum Gasteiger partial charge on any atom is 0.0126 e. The van der Waals surface area contributed by atoms with Crippen LogP contribution in [-0.2, 0) is 0 Å². The molecule has 1 heteroatoms. The lowest BCUT2D eigenvalue weighted by Gasteiger charge is -2.41. The molecule has 0 aromatic heterocycles. The Bertz CT molecular complexity index is 236. The van der Waals surface area contributed by atoms with Gasteiger partial charge in [0.25, 0.3) is 0 Å². The maximum absolute atomic E-state index is 3.96. The lowest BCUT2D eigenvalue weighted by molar-refractivity contribution is 0.131. The van der Waals surface area contributed by atoms with E-state index >= 15 is 0 Å². The number of nitrogens with one attached hydrogen (secondary N) is 1. The quantitative estimate of drug-likeness (QED) is 0.534. The van der Waals surface area contributed by atoms with E-state index in [2.05, 4.69) is 39.9 Å². The van der Waals surface area contributed by atoms with Gasteiger partial charge in [-0.1, -0.05) is 60.3 Å². The third kappa shape index (κ3) is 5.06. The van der Waals surface area contributed by atoms with Crippen LogP contribution in [0.3, 0.4) is 0 Å². The van der Waals surface area contributed by atoms with Gasteiger partial charge in [-0.15, -0.1) is 0 Å². The molecular weight excluding hydrogens is 242 g/mol. The Labute approximate surface area is 128 Å². The highest BCUT2D eigenvalue weighted by molar-refractivity contribution is 4.96. The monoisotopic (exact) mass is 281 g/mol. The van der Waals surface area contributed by atoms with Crippen LogP contribution in [-0.4, -0.2) is 12.6 Å².